The van der Waals surface area contributed by atoms with Crippen LogP contribution in [0.5, 0.6) is 0 Å². The van der Waals surface area contributed by atoms with E-state index < -0.39 is 10.0 Å². The lowest BCUT2D eigenvalue weighted by atomic mass is 9.93. The molecule has 2 rings (SSSR count). The van der Waals surface area contributed by atoms with Crippen LogP contribution in [0.15, 0.2) is 35.4 Å². The number of sulfonamides is 1. The lowest BCUT2D eigenvalue weighted by Crippen LogP contribution is -2.27. The lowest BCUT2D eigenvalue weighted by molar-refractivity contribution is 0.378. The minimum absolute atomic E-state index is 0.0734. The Morgan fingerprint density at radius 3 is 2.62 bits per heavy atom. The molecule has 0 fully saturated rings. The van der Waals surface area contributed by atoms with Gasteiger partial charge in [0.1, 0.15) is 4.90 Å². The van der Waals surface area contributed by atoms with Crippen molar-refractivity contribution in [2.75, 3.05) is 12.3 Å². The van der Waals surface area contributed by atoms with Crippen molar-refractivity contribution in [3.63, 3.8) is 0 Å². The van der Waals surface area contributed by atoms with E-state index in [2.05, 4.69) is 30.5 Å². The standard InChI is InChI=1S/C15H21N3O2S/c1-15(2,3)8-10-18-21(19,20)13-7-6-12(16)11-5-4-9-17-14(11)13/h4-7,9,18H,8,10,16H2,1-3H3. The summed E-state index contributed by atoms with van der Waals surface area (Å²) in [4.78, 5) is 4.33. The number of benzene rings is 1. The quantitative estimate of drug-likeness (QED) is 0.850. The zero-order chi connectivity index (χ0) is 15.7. The Kier molecular flexibility index (Phi) is 4.20. The van der Waals surface area contributed by atoms with Gasteiger partial charge in [0.25, 0.3) is 0 Å². The Morgan fingerprint density at radius 2 is 1.95 bits per heavy atom. The maximum Gasteiger partial charge on any atom is 0.242 e. The number of hydrogen-bond acceptors (Lipinski definition) is 4. The number of hydrogen-bond donors (Lipinski definition) is 2. The van der Waals surface area contributed by atoms with Crippen LogP contribution in [0, 0.1) is 5.41 Å². The summed E-state index contributed by atoms with van der Waals surface area (Å²) in [5, 5.41) is 0.649. The Bertz CT molecular complexity index is 749. The molecule has 2 aromatic rings. The van der Waals surface area contributed by atoms with Gasteiger partial charge in [-0.3, -0.25) is 4.98 Å². The Labute approximate surface area is 125 Å². The molecule has 21 heavy (non-hydrogen) atoms. The van der Waals surface area contributed by atoms with Crippen LogP contribution in [0.4, 0.5) is 5.69 Å². The summed E-state index contributed by atoms with van der Waals surface area (Å²) >= 11 is 0. The number of rotatable bonds is 4. The van der Waals surface area contributed by atoms with E-state index in [9.17, 15) is 8.42 Å². The van der Waals surface area contributed by atoms with E-state index in [1.54, 1.807) is 24.4 Å². The first-order chi connectivity index (χ1) is 9.71. The highest BCUT2D eigenvalue weighted by molar-refractivity contribution is 7.89. The molecule has 1 aromatic heterocycles. The molecule has 0 bridgehead atoms. The molecule has 3 N–H and O–H groups in total. The fraction of sp³-hybridized carbons (Fsp3) is 0.400. The number of nitrogens with zero attached hydrogens (tertiary/aromatic N) is 1. The second-order valence-corrected chi connectivity index (χ2v) is 8.00. The van der Waals surface area contributed by atoms with Gasteiger partial charge < -0.3 is 5.73 Å². The van der Waals surface area contributed by atoms with E-state index in [1.807, 2.05) is 0 Å². The van der Waals surface area contributed by atoms with Crippen LogP contribution in [-0.4, -0.2) is 19.9 Å². The maximum atomic E-state index is 12.5. The molecule has 0 spiro atoms. The van der Waals surface area contributed by atoms with Crippen molar-refractivity contribution < 1.29 is 8.42 Å². The number of pyridine rings is 1. The highest BCUT2D eigenvalue weighted by Crippen LogP contribution is 2.26. The second-order valence-electron chi connectivity index (χ2n) is 6.26. The Hall–Kier alpha value is -1.66. The minimum atomic E-state index is -3.59. The molecule has 5 nitrogen and oxygen atoms in total. The van der Waals surface area contributed by atoms with Crippen LogP contribution in [-0.2, 0) is 10.0 Å². The molecule has 114 valence electrons. The maximum absolute atomic E-state index is 12.5. The number of fused-ring (bicyclic) bond motifs is 1. The van der Waals surface area contributed by atoms with Crippen LogP contribution in [0.2, 0.25) is 0 Å². The molecular formula is C15H21N3O2S. The number of nitrogen functional groups attached to an aromatic ring is 1. The van der Waals surface area contributed by atoms with Gasteiger partial charge in [0.15, 0.2) is 0 Å². The minimum Gasteiger partial charge on any atom is -0.398 e. The van der Waals surface area contributed by atoms with Gasteiger partial charge in [-0.2, -0.15) is 0 Å². The van der Waals surface area contributed by atoms with Gasteiger partial charge in [-0.05, 0) is 36.1 Å². The topological polar surface area (TPSA) is 85.1 Å². The summed E-state index contributed by atoms with van der Waals surface area (Å²) in [6, 6.07) is 6.61. The SMILES string of the molecule is CC(C)(C)CCNS(=O)(=O)c1ccc(N)c2cccnc12. The first-order valence-electron chi connectivity index (χ1n) is 6.84. The van der Waals surface area contributed by atoms with E-state index in [1.165, 1.54) is 6.07 Å². The highest BCUT2D eigenvalue weighted by Gasteiger charge is 2.20. The summed E-state index contributed by atoms with van der Waals surface area (Å²) in [6.45, 7) is 6.61. The summed E-state index contributed by atoms with van der Waals surface area (Å²) < 4.78 is 27.5. The predicted molar refractivity (Wildman–Crippen MR) is 85.4 cm³/mol. The Balaban J connectivity index is 2.35. The first kappa shape index (κ1) is 15.7. The second kappa shape index (κ2) is 5.61. The largest absolute Gasteiger partial charge is 0.398 e. The molecule has 0 radical (unpaired) electrons. The lowest BCUT2D eigenvalue weighted by Gasteiger charge is -2.18. The van der Waals surface area contributed by atoms with Crippen molar-refractivity contribution in [1.82, 2.24) is 9.71 Å². The van der Waals surface area contributed by atoms with Crippen LogP contribution < -0.4 is 10.5 Å². The molecule has 0 aliphatic heterocycles. The van der Waals surface area contributed by atoms with Gasteiger partial charge in [0, 0.05) is 23.8 Å². The molecule has 1 heterocycles. The molecule has 0 amide bonds. The molecular weight excluding hydrogens is 286 g/mol. The van der Waals surface area contributed by atoms with Gasteiger partial charge in [0.2, 0.25) is 10.0 Å². The predicted octanol–water partition coefficient (Wildman–Crippen LogP) is 2.53. The summed E-state index contributed by atoms with van der Waals surface area (Å²) in [6.07, 6.45) is 2.32. The first-order valence-corrected chi connectivity index (χ1v) is 8.32. The molecule has 0 unspecified atom stereocenters. The number of nitrogens with two attached hydrogens (primary N) is 1. The van der Waals surface area contributed by atoms with Crippen LogP contribution in [0.25, 0.3) is 10.9 Å². The van der Waals surface area contributed by atoms with Crippen molar-refractivity contribution in [3.05, 3.63) is 30.5 Å². The average molecular weight is 307 g/mol. The van der Waals surface area contributed by atoms with E-state index in [0.29, 0.717) is 23.1 Å². The van der Waals surface area contributed by atoms with Crippen molar-refractivity contribution in [2.45, 2.75) is 32.1 Å². The van der Waals surface area contributed by atoms with E-state index >= 15 is 0 Å². The molecule has 0 saturated heterocycles. The molecule has 6 heteroatoms. The summed E-state index contributed by atoms with van der Waals surface area (Å²) in [5.41, 5.74) is 6.87. The molecule has 0 saturated carbocycles. The molecule has 0 atom stereocenters. The van der Waals surface area contributed by atoms with E-state index in [0.717, 1.165) is 6.42 Å². The number of anilines is 1. The van der Waals surface area contributed by atoms with Crippen LogP contribution >= 0.6 is 0 Å². The van der Waals surface area contributed by atoms with E-state index in [4.69, 9.17) is 5.73 Å². The monoisotopic (exact) mass is 307 g/mol. The van der Waals surface area contributed by atoms with Gasteiger partial charge in [-0.15, -0.1) is 0 Å². The fourth-order valence-corrected chi connectivity index (χ4v) is 3.21. The van der Waals surface area contributed by atoms with Crippen molar-refractivity contribution in [2.24, 2.45) is 5.41 Å². The van der Waals surface area contributed by atoms with Gasteiger partial charge >= 0.3 is 0 Å². The third-order valence-electron chi connectivity index (χ3n) is 3.22. The van der Waals surface area contributed by atoms with Gasteiger partial charge in [-0.1, -0.05) is 20.8 Å². The van der Waals surface area contributed by atoms with Crippen molar-refractivity contribution in [3.8, 4) is 0 Å². The third-order valence-corrected chi connectivity index (χ3v) is 4.72. The van der Waals surface area contributed by atoms with Gasteiger partial charge in [-0.25, -0.2) is 13.1 Å². The fourth-order valence-electron chi connectivity index (χ4n) is 2.02. The third kappa shape index (κ3) is 3.71. The smallest absolute Gasteiger partial charge is 0.242 e. The summed E-state index contributed by atoms with van der Waals surface area (Å²) in [5.74, 6) is 0. The van der Waals surface area contributed by atoms with E-state index in [-0.39, 0.29) is 10.3 Å². The van der Waals surface area contributed by atoms with Crippen molar-refractivity contribution >= 4 is 26.6 Å². The molecule has 0 aliphatic rings. The van der Waals surface area contributed by atoms with Crippen LogP contribution in [0.3, 0.4) is 0 Å². The zero-order valence-corrected chi connectivity index (χ0v) is 13.4. The average Bonchev–Trinajstić information content (AvgIpc) is 2.37. The molecule has 0 aliphatic carbocycles. The highest BCUT2D eigenvalue weighted by atomic mass is 32.2. The number of aromatic nitrogens is 1. The van der Waals surface area contributed by atoms with Gasteiger partial charge in [0.05, 0.1) is 5.52 Å². The number of nitrogens with one attached hydrogen (secondary N) is 1. The Morgan fingerprint density at radius 1 is 1.24 bits per heavy atom. The van der Waals surface area contributed by atoms with Crippen molar-refractivity contribution in [1.29, 1.82) is 0 Å². The normalized spacial score (nSPS) is 12.7. The summed E-state index contributed by atoms with van der Waals surface area (Å²) in [7, 11) is -3.59. The van der Waals surface area contributed by atoms with Crippen LogP contribution in [0.1, 0.15) is 27.2 Å². The molecule has 1 aromatic carbocycles. The zero-order valence-electron chi connectivity index (χ0n) is 12.6.